The fraction of sp³-hybridized carbons (Fsp3) is 0.231. The number of nitrogens with zero attached hydrogens (tertiary/aromatic N) is 1. The van der Waals surface area contributed by atoms with E-state index in [9.17, 15) is 4.79 Å². The summed E-state index contributed by atoms with van der Waals surface area (Å²) in [6.45, 7) is 4.02. The van der Waals surface area contributed by atoms with E-state index in [1.807, 2.05) is 19.1 Å². The van der Waals surface area contributed by atoms with Crippen molar-refractivity contribution in [2.75, 3.05) is 0 Å². The van der Waals surface area contributed by atoms with Gasteiger partial charge in [-0.25, -0.2) is 5.10 Å². The van der Waals surface area contributed by atoms with Crippen LogP contribution < -0.4 is 5.56 Å². The zero-order chi connectivity index (χ0) is 11.5. The second kappa shape index (κ2) is 4.31. The van der Waals surface area contributed by atoms with E-state index in [1.54, 1.807) is 6.07 Å². The van der Waals surface area contributed by atoms with Crippen molar-refractivity contribution in [3.63, 3.8) is 0 Å². The minimum absolute atomic E-state index is 0.161. The third-order valence-electron chi connectivity index (χ3n) is 2.63. The molecule has 0 bridgehead atoms. The summed E-state index contributed by atoms with van der Waals surface area (Å²) in [4.78, 5) is 11.1. The molecule has 1 aromatic carbocycles. The maximum Gasteiger partial charge on any atom is 0.264 e. The van der Waals surface area contributed by atoms with Gasteiger partial charge in [0.15, 0.2) is 0 Å². The molecule has 82 valence electrons. The van der Waals surface area contributed by atoms with Gasteiger partial charge in [0.25, 0.3) is 5.56 Å². The highest BCUT2D eigenvalue weighted by atomic mass is 16.1. The molecule has 3 nitrogen and oxygen atoms in total. The Morgan fingerprint density at radius 2 is 1.94 bits per heavy atom. The largest absolute Gasteiger partial charge is 0.268 e. The minimum atomic E-state index is -0.161. The van der Waals surface area contributed by atoms with Gasteiger partial charge in [0.05, 0.1) is 5.69 Å². The number of hydrogen-bond acceptors (Lipinski definition) is 2. The fourth-order valence-electron chi connectivity index (χ4n) is 1.69. The van der Waals surface area contributed by atoms with E-state index in [0.717, 1.165) is 23.2 Å². The van der Waals surface area contributed by atoms with Crippen LogP contribution in [0.15, 0.2) is 35.1 Å². The van der Waals surface area contributed by atoms with Crippen molar-refractivity contribution in [3.8, 4) is 11.3 Å². The Morgan fingerprint density at radius 3 is 2.50 bits per heavy atom. The van der Waals surface area contributed by atoms with Crippen LogP contribution in [0.25, 0.3) is 11.3 Å². The molecule has 2 aromatic rings. The summed E-state index contributed by atoms with van der Waals surface area (Å²) >= 11 is 0. The van der Waals surface area contributed by atoms with E-state index >= 15 is 0 Å². The summed E-state index contributed by atoms with van der Waals surface area (Å²) in [6, 6.07) is 9.80. The van der Waals surface area contributed by atoms with Gasteiger partial charge in [-0.05, 0) is 24.5 Å². The molecule has 0 aliphatic heterocycles. The third kappa shape index (κ3) is 2.03. The van der Waals surface area contributed by atoms with Crippen LogP contribution in [0.5, 0.6) is 0 Å². The Morgan fingerprint density at radius 1 is 1.25 bits per heavy atom. The topological polar surface area (TPSA) is 45.8 Å². The van der Waals surface area contributed by atoms with Gasteiger partial charge < -0.3 is 0 Å². The number of rotatable bonds is 2. The lowest BCUT2D eigenvalue weighted by atomic mass is 10.0. The maximum absolute atomic E-state index is 11.1. The Kier molecular flexibility index (Phi) is 2.86. The quantitative estimate of drug-likeness (QED) is 0.833. The number of hydrogen-bond donors (Lipinski definition) is 1. The van der Waals surface area contributed by atoms with Gasteiger partial charge in [-0.2, -0.15) is 5.10 Å². The first-order chi connectivity index (χ1) is 7.70. The van der Waals surface area contributed by atoms with E-state index in [1.165, 1.54) is 5.56 Å². The van der Waals surface area contributed by atoms with Crippen molar-refractivity contribution in [1.82, 2.24) is 10.2 Å². The van der Waals surface area contributed by atoms with Crippen LogP contribution in [0.4, 0.5) is 0 Å². The van der Waals surface area contributed by atoms with E-state index < -0.39 is 0 Å². The highest BCUT2D eigenvalue weighted by Crippen LogP contribution is 2.19. The van der Waals surface area contributed by atoms with E-state index in [0.29, 0.717) is 0 Å². The SMILES string of the molecule is CCc1ccc(-c2n[nH]c(=O)cc2C)cc1. The van der Waals surface area contributed by atoms with Gasteiger partial charge in [0, 0.05) is 11.6 Å². The predicted molar refractivity (Wildman–Crippen MR) is 64.4 cm³/mol. The molecule has 1 aromatic heterocycles. The lowest BCUT2D eigenvalue weighted by Crippen LogP contribution is -2.08. The summed E-state index contributed by atoms with van der Waals surface area (Å²) in [7, 11) is 0. The van der Waals surface area contributed by atoms with Crippen LogP contribution in [-0.4, -0.2) is 10.2 Å². The van der Waals surface area contributed by atoms with Crippen molar-refractivity contribution in [1.29, 1.82) is 0 Å². The average Bonchev–Trinajstić information content (AvgIpc) is 2.29. The standard InChI is InChI=1S/C13H14N2O/c1-3-10-4-6-11(7-5-10)13-9(2)8-12(16)14-15-13/h4-8H,3H2,1-2H3,(H,14,16). The van der Waals surface area contributed by atoms with Crippen LogP contribution in [-0.2, 0) is 6.42 Å². The van der Waals surface area contributed by atoms with Crippen LogP contribution >= 0.6 is 0 Å². The molecule has 1 heterocycles. The Hall–Kier alpha value is -1.90. The second-order valence-corrected chi connectivity index (χ2v) is 3.81. The van der Waals surface area contributed by atoms with Crippen molar-refractivity contribution < 1.29 is 0 Å². The van der Waals surface area contributed by atoms with Crippen molar-refractivity contribution in [3.05, 3.63) is 51.8 Å². The molecular weight excluding hydrogens is 200 g/mol. The molecule has 0 spiro atoms. The van der Waals surface area contributed by atoms with Crippen LogP contribution in [0, 0.1) is 6.92 Å². The number of H-pyrrole nitrogens is 1. The molecule has 0 unspecified atom stereocenters. The van der Waals surface area contributed by atoms with Gasteiger partial charge in [0.1, 0.15) is 0 Å². The molecular formula is C13H14N2O. The number of benzene rings is 1. The zero-order valence-electron chi connectivity index (χ0n) is 9.45. The van der Waals surface area contributed by atoms with Gasteiger partial charge in [-0.1, -0.05) is 31.2 Å². The highest BCUT2D eigenvalue weighted by Gasteiger charge is 2.03. The van der Waals surface area contributed by atoms with Crippen molar-refractivity contribution >= 4 is 0 Å². The smallest absolute Gasteiger partial charge is 0.264 e. The summed E-state index contributed by atoms with van der Waals surface area (Å²) < 4.78 is 0. The third-order valence-corrected chi connectivity index (χ3v) is 2.63. The number of nitrogens with one attached hydrogen (secondary N) is 1. The molecule has 2 rings (SSSR count). The Bertz CT molecular complexity index is 541. The van der Waals surface area contributed by atoms with Gasteiger partial charge in [-0.15, -0.1) is 0 Å². The summed E-state index contributed by atoms with van der Waals surface area (Å²) in [5.74, 6) is 0. The molecule has 0 fully saturated rings. The van der Waals surface area contributed by atoms with E-state index in [-0.39, 0.29) is 5.56 Å². The van der Waals surface area contributed by atoms with Crippen LogP contribution in [0.1, 0.15) is 18.1 Å². The van der Waals surface area contributed by atoms with Gasteiger partial charge in [0.2, 0.25) is 0 Å². The zero-order valence-corrected chi connectivity index (χ0v) is 9.45. The highest BCUT2D eigenvalue weighted by molar-refractivity contribution is 5.62. The monoisotopic (exact) mass is 214 g/mol. The van der Waals surface area contributed by atoms with Gasteiger partial charge in [-0.3, -0.25) is 4.79 Å². The second-order valence-electron chi connectivity index (χ2n) is 3.81. The molecule has 0 saturated heterocycles. The molecule has 0 amide bonds. The molecule has 0 aliphatic carbocycles. The average molecular weight is 214 g/mol. The van der Waals surface area contributed by atoms with Crippen LogP contribution in [0.3, 0.4) is 0 Å². The lowest BCUT2D eigenvalue weighted by molar-refractivity contribution is 0.981. The number of aryl methyl sites for hydroxylation is 2. The van der Waals surface area contributed by atoms with Gasteiger partial charge >= 0.3 is 0 Å². The Balaban J connectivity index is 2.46. The van der Waals surface area contributed by atoms with Crippen molar-refractivity contribution in [2.45, 2.75) is 20.3 Å². The first-order valence-electron chi connectivity index (χ1n) is 5.36. The fourth-order valence-corrected chi connectivity index (χ4v) is 1.69. The molecule has 3 heteroatoms. The molecule has 1 N–H and O–H groups in total. The van der Waals surface area contributed by atoms with E-state index in [2.05, 4.69) is 29.3 Å². The molecule has 0 atom stereocenters. The molecule has 0 radical (unpaired) electrons. The molecule has 0 saturated carbocycles. The summed E-state index contributed by atoms with van der Waals surface area (Å²) in [5.41, 5.74) is 3.90. The van der Waals surface area contributed by atoms with E-state index in [4.69, 9.17) is 0 Å². The summed E-state index contributed by atoms with van der Waals surface area (Å²) in [6.07, 6.45) is 1.03. The number of aromatic nitrogens is 2. The van der Waals surface area contributed by atoms with Crippen LogP contribution in [0.2, 0.25) is 0 Å². The lowest BCUT2D eigenvalue weighted by Gasteiger charge is -2.04. The first-order valence-corrected chi connectivity index (χ1v) is 5.36. The minimum Gasteiger partial charge on any atom is -0.268 e. The Labute approximate surface area is 94.2 Å². The number of aromatic amines is 1. The molecule has 0 aliphatic rings. The normalized spacial score (nSPS) is 10.4. The van der Waals surface area contributed by atoms with Crippen molar-refractivity contribution in [2.24, 2.45) is 0 Å². The summed E-state index contributed by atoms with van der Waals surface area (Å²) in [5, 5.41) is 6.53. The molecule has 16 heavy (non-hydrogen) atoms. The maximum atomic E-state index is 11.1. The predicted octanol–water partition coefficient (Wildman–Crippen LogP) is 2.31. The first kappa shape index (κ1) is 10.6.